The van der Waals surface area contributed by atoms with E-state index in [1.165, 1.54) is 16.8 Å². The van der Waals surface area contributed by atoms with Crippen LogP contribution in [-0.4, -0.2) is 29.8 Å². The van der Waals surface area contributed by atoms with Crippen LogP contribution in [0.1, 0.15) is 40.3 Å². The number of carbonyl (C=O) groups excluding carboxylic acids is 1. The minimum atomic E-state index is -4.01. The van der Waals surface area contributed by atoms with E-state index in [4.69, 9.17) is 21.1 Å². The van der Waals surface area contributed by atoms with Crippen molar-refractivity contribution in [2.75, 3.05) is 0 Å². The number of aryl methyl sites for hydroxylation is 1. The molecule has 1 heterocycles. The molecule has 2 aromatic carbocycles. The molecule has 3 rings (SSSR count). The molecule has 0 atom stereocenters. The minimum absolute atomic E-state index is 0.0792. The Balaban J connectivity index is 2.06. The third kappa shape index (κ3) is 5.23. The van der Waals surface area contributed by atoms with Gasteiger partial charge < -0.3 is 9.47 Å². The largest absolute Gasteiger partial charge is 0.476 e. The van der Waals surface area contributed by atoms with E-state index in [0.717, 1.165) is 0 Å². The van der Waals surface area contributed by atoms with Crippen LogP contribution in [0, 0.1) is 6.92 Å². The van der Waals surface area contributed by atoms with Crippen LogP contribution in [0.3, 0.4) is 0 Å². The lowest BCUT2D eigenvalue weighted by Crippen LogP contribution is -2.42. The average Bonchev–Trinajstić information content (AvgIpc) is 3.07. The Morgan fingerprint density at radius 2 is 1.55 bits per heavy atom. The highest BCUT2D eigenvalue weighted by atomic mass is 35.5. The molecule has 0 fully saturated rings. The van der Waals surface area contributed by atoms with E-state index in [1.54, 1.807) is 63.2 Å². The maximum atomic E-state index is 13.5. The normalized spacial score (nSPS) is 12.5. The predicted molar refractivity (Wildman–Crippen MR) is 126 cm³/mol. The first-order valence-corrected chi connectivity index (χ1v) is 12.2. The summed E-state index contributed by atoms with van der Waals surface area (Å²) in [6.45, 7) is 10.2. The van der Waals surface area contributed by atoms with Gasteiger partial charge in [-0.15, -0.1) is 0 Å². The summed E-state index contributed by atoms with van der Waals surface area (Å²) in [4.78, 5) is 13.1. The molecule has 0 spiro atoms. The summed E-state index contributed by atoms with van der Waals surface area (Å²) in [5.74, 6) is -0.506. The molecule has 0 saturated carbocycles. The zero-order chi connectivity index (χ0) is 24.6. The van der Waals surface area contributed by atoms with E-state index in [1.807, 2.05) is 20.8 Å². The van der Waals surface area contributed by atoms with Crippen molar-refractivity contribution in [2.24, 2.45) is 0 Å². The van der Waals surface area contributed by atoms with E-state index < -0.39 is 26.9 Å². The fourth-order valence-electron chi connectivity index (χ4n) is 3.11. The molecular weight excluding hydrogens is 464 g/mol. The smallest absolute Gasteiger partial charge is 0.356 e. The third-order valence-corrected chi connectivity index (χ3v) is 6.94. The molecule has 9 heteroatoms. The Bertz CT molecular complexity index is 1260. The number of ether oxygens (including phenoxy) is 2. The summed E-state index contributed by atoms with van der Waals surface area (Å²) < 4.78 is 39.9. The molecule has 176 valence electrons. The van der Waals surface area contributed by atoms with E-state index in [9.17, 15) is 13.2 Å². The number of sulfone groups is 1. The number of benzene rings is 2. The molecule has 33 heavy (non-hydrogen) atoms. The Morgan fingerprint density at radius 1 is 0.970 bits per heavy atom. The fourth-order valence-corrected chi connectivity index (χ4v) is 4.78. The fraction of sp³-hybridized carbons (Fsp3) is 0.333. The second-order valence-corrected chi connectivity index (χ2v) is 11.4. The van der Waals surface area contributed by atoms with Crippen LogP contribution in [-0.2, 0) is 20.2 Å². The van der Waals surface area contributed by atoms with Gasteiger partial charge in [0.1, 0.15) is 5.75 Å². The van der Waals surface area contributed by atoms with E-state index >= 15 is 0 Å². The maximum absolute atomic E-state index is 13.5. The van der Waals surface area contributed by atoms with Crippen molar-refractivity contribution < 1.29 is 22.7 Å². The second kappa shape index (κ2) is 8.83. The number of esters is 1. The lowest BCUT2D eigenvalue weighted by Gasteiger charge is -2.26. The topological polar surface area (TPSA) is 87.5 Å². The second-order valence-electron chi connectivity index (χ2n) is 9.07. The molecule has 1 aromatic heterocycles. The highest BCUT2D eigenvalue weighted by Crippen LogP contribution is 2.36. The third-order valence-electron chi connectivity index (χ3n) is 4.79. The Hall–Kier alpha value is -2.84. The van der Waals surface area contributed by atoms with Gasteiger partial charge in [-0.05, 0) is 77.9 Å². The van der Waals surface area contributed by atoms with E-state index in [2.05, 4.69) is 5.10 Å². The molecular formula is C24H27ClN2O5S. The van der Waals surface area contributed by atoms with Crippen LogP contribution < -0.4 is 9.47 Å². The zero-order valence-electron chi connectivity index (χ0n) is 19.4. The molecule has 0 unspecified atom stereocenters. The van der Waals surface area contributed by atoms with Crippen molar-refractivity contribution in [3.05, 3.63) is 65.3 Å². The van der Waals surface area contributed by atoms with Crippen molar-refractivity contribution in [1.29, 1.82) is 0 Å². The van der Waals surface area contributed by atoms with Crippen molar-refractivity contribution in [2.45, 2.75) is 62.5 Å². The number of hydrogen-bond acceptors (Lipinski definition) is 6. The molecule has 7 nitrogen and oxygen atoms in total. The number of aromatic nitrogens is 2. The van der Waals surface area contributed by atoms with Gasteiger partial charge >= 0.3 is 5.97 Å². The predicted octanol–water partition coefficient (Wildman–Crippen LogP) is 5.20. The number of carbonyl (C=O) groups is 1. The van der Waals surface area contributed by atoms with Gasteiger partial charge in [-0.1, -0.05) is 29.8 Å². The number of hydrogen-bond donors (Lipinski definition) is 0. The van der Waals surface area contributed by atoms with Crippen molar-refractivity contribution >= 4 is 27.4 Å². The molecule has 0 radical (unpaired) electrons. The van der Waals surface area contributed by atoms with E-state index in [0.29, 0.717) is 10.8 Å². The molecule has 0 aliphatic carbocycles. The Morgan fingerprint density at radius 3 is 2.09 bits per heavy atom. The Labute approximate surface area is 199 Å². The molecule has 0 aliphatic rings. The first-order chi connectivity index (χ1) is 15.2. The van der Waals surface area contributed by atoms with Crippen molar-refractivity contribution in [1.82, 2.24) is 9.78 Å². The maximum Gasteiger partial charge on any atom is 0.356 e. The monoisotopic (exact) mass is 490 g/mol. The van der Waals surface area contributed by atoms with E-state index in [-0.39, 0.29) is 21.4 Å². The van der Waals surface area contributed by atoms with Crippen LogP contribution in [0.5, 0.6) is 11.6 Å². The summed E-state index contributed by atoms with van der Waals surface area (Å²) >= 11 is 5.91. The molecule has 0 aliphatic heterocycles. The Kier molecular flexibility index (Phi) is 6.64. The van der Waals surface area contributed by atoms with Gasteiger partial charge in [0.25, 0.3) is 0 Å². The van der Waals surface area contributed by atoms with Gasteiger partial charge in [0, 0.05) is 5.02 Å². The van der Waals surface area contributed by atoms with Gasteiger partial charge in [0.15, 0.2) is 4.90 Å². The highest BCUT2D eigenvalue weighted by molar-refractivity contribution is 7.91. The van der Waals surface area contributed by atoms with Gasteiger partial charge in [0.05, 0.1) is 16.1 Å². The zero-order valence-corrected chi connectivity index (χ0v) is 21.0. The molecule has 0 N–H and O–H groups in total. The summed E-state index contributed by atoms with van der Waals surface area (Å²) in [7, 11) is -4.01. The summed E-state index contributed by atoms with van der Waals surface area (Å²) in [6, 6.07) is 14.5. The summed E-state index contributed by atoms with van der Waals surface area (Å²) in [5.41, 5.74) is -1.86. The highest BCUT2D eigenvalue weighted by Gasteiger charge is 2.39. The lowest BCUT2D eigenvalue weighted by atomic mass is 10.1. The van der Waals surface area contributed by atoms with Gasteiger partial charge in [-0.2, -0.15) is 5.10 Å². The number of nitrogens with zero attached hydrogens (tertiary/aromatic N) is 2. The minimum Gasteiger partial charge on any atom is -0.476 e. The number of rotatable bonds is 6. The summed E-state index contributed by atoms with van der Waals surface area (Å²) in [5, 5.41) is 4.94. The summed E-state index contributed by atoms with van der Waals surface area (Å²) in [6.07, 6.45) is 0. The van der Waals surface area contributed by atoms with Crippen LogP contribution in [0.2, 0.25) is 5.02 Å². The van der Waals surface area contributed by atoms with Gasteiger partial charge in [-0.3, -0.25) is 0 Å². The van der Waals surface area contributed by atoms with Gasteiger partial charge in [-0.25, -0.2) is 17.9 Å². The van der Waals surface area contributed by atoms with Crippen LogP contribution >= 0.6 is 11.6 Å². The molecule has 0 saturated heterocycles. The van der Waals surface area contributed by atoms with Gasteiger partial charge in [0.2, 0.25) is 21.3 Å². The van der Waals surface area contributed by atoms with Crippen LogP contribution in [0.25, 0.3) is 0 Å². The van der Waals surface area contributed by atoms with Crippen molar-refractivity contribution in [3.8, 4) is 11.6 Å². The lowest BCUT2D eigenvalue weighted by molar-refractivity contribution is -0.150. The SMILES string of the molecule is Cc1nn(C(C)(C)C)c(OC(=O)C(C)(C)Oc2ccc(Cl)cc2)c1S(=O)(=O)c1ccccc1. The standard InChI is InChI=1S/C24H27ClN2O5S/c1-16-20(33(29,30)19-10-8-7-9-11-19)21(27(26-16)23(2,3)4)31-22(28)24(5,6)32-18-14-12-17(25)13-15-18/h7-15H,1-6H3. The molecule has 3 aromatic rings. The van der Waals surface area contributed by atoms with Crippen LogP contribution in [0.4, 0.5) is 0 Å². The first-order valence-electron chi connectivity index (χ1n) is 10.3. The molecule has 0 amide bonds. The first kappa shape index (κ1) is 24.8. The molecule has 0 bridgehead atoms. The average molecular weight is 491 g/mol. The number of halogens is 1. The van der Waals surface area contributed by atoms with Crippen LogP contribution in [0.15, 0.2) is 64.4 Å². The van der Waals surface area contributed by atoms with Crippen molar-refractivity contribution in [3.63, 3.8) is 0 Å². The quantitative estimate of drug-likeness (QED) is 0.441.